The summed E-state index contributed by atoms with van der Waals surface area (Å²) in [5.74, 6) is 6.13. The Labute approximate surface area is 143 Å². The third-order valence-electron chi connectivity index (χ3n) is 3.56. The molecule has 0 aliphatic rings. The van der Waals surface area contributed by atoms with Crippen LogP contribution >= 0.6 is 0 Å². The number of aryl methyl sites for hydroxylation is 2. The zero-order valence-electron chi connectivity index (χ0n) is 14.1. The first-order valence-corrected chi connectivity index (χ1v) is 7.86. The number of hydrogen-bond donors (Lipinski definition) is 2. The lowest BCUT2D eigenvalue weighted by Crippen LogP contribution is -2.24. The van der Waals surface area contributed by atoms with E-state index in [2.05, 4.69) is 17.2 Å². The molecule has 2 aromatic rings. The van der Waals surface area contributed by atoms with Crippen LogP contribution in [0.2, 0.25) is 0 Å². The molecular formula is C20H22N2O2. The van der Waals surface area contributed by atoms with Crippen LogP contribution in [-0.2, 0) is 11.3 Å². The number of rotatable bonds is 4. The lowest BCUT2D eigenvalue weighted by atomic mass is 10.0. The summed E-state index contributed by atoms with van der Waals surface area (Å²) in [5, 5.41) is 2.69. The molecule has 0 heterocycles. The Balaban J connectivity index is 1.72. The third kappa shape index (κ3) is 5.36. The van der Waals surface area contributed by atoms with Crippen LogP contribution in [0.4, 0.5) is 10.5 Å². The Hall–Kier alpha value is -2.93. The second-order valence-corrected chi connectivity index (χ2v) is 5.56. The summed E-state index contributed by atoms with van der Waals surface area (Å²) in [6.45, 7) is 4.66. The van der Waals surface area contributed by atoms with Crippen molar-refractivity contribution in [2.24, 2.45) is 0 Å². The first kappa shape index (κ1) is 17.4. The molecule has 0 unspecified atom stereocenters. The standard InChI is InChI=1S/C20H22N2O2/c1-15-12-18(13-16(2)19(15)21)10-6-7-11-22-20(23)24-14-17-8-4-3-5-9-17/h3-5,8-9,12-13H,7,11,14,21H2,1-2H3,(H,22,23). The van der Waals surface area contributed by atoms with E-state index in [9.17, 15) is 4.79 Å². The minimum Gasteiger partial charge on any atom is -0.445 e. The molecule has 1 amide bonds. The lowest BCUT2D eigenvalue weighted by molar-refractivity contribution is 0.140. The topological polar surface area (TPSA) is 64.3 Å². The maximum absolute atomic E-state index is 11.6. The van der Waals surface area contributed by atoms with Gasteiger partial charge in [-0.25, -0.2) is 4.79 Å². The fourth-order valence-electron chi connectivity index (χ4n) is 2.21. The smallest absolute Gasteiger partial charge is 0.407 e. The zero-order valence-corrected chi connectivity index (χ0v) is 14.1. The molecule has 2 aromatic carbocycles. The van der Waals surface area contributed by atoms with Gasteiger partial charge in [-0.3, -0.25) is 0 Å². The third-order valence-corrected chi connectivity index (χ3v) is 3.56. The van der Waals surface area contributed by atoms with Gasteiger partial charge < -0.3 is 15.8 Å². The molecule has 4 nitrogen and oxygen atoms in total. The van der Waals surface area contributed by atoms with Crippen molar-refractivity contribution in [3.63, 3.8) is 0 Å². The van der Waals surface area contributed by atoms with E-state index in [1.807, 2.05) is 56.3 Å². The highest BCUT2D eigenvalue weighted by Crippen LogP contribution is 2.17. The second-order valence-electron chi connectivity index (χ2n) is 5.56. The molecule has 24 heavy (non-hydrogen) atoms. The van der Waals surface area contributed by atoms with Crippen molar-refractivity contribution in [2.45, 2.75) is 26.9 Å². The number of nitrogen functional groups attached to an aromatic ring is 1. The first-order valence-electron chi connectivity index (χ1n) is 7.86. The average Bonchev–Trinajstić information content (AvgIpc) is 2.58. The van der Waals surface area contributed by atoms with E-state index in [1.165, 1.54) is 0 Å². The van der Waals surface area contributed by atoms with E-state index in [4.69, 9.17) is 10.5 Å². The monoisotopic (exact) mass is 322 g/mol. The van der Waals surface area contributed by atoms with Crippen molar-refractivity contribution in [1.82, 2.24) is 5.32 Å². The van der Waals surface area contributed by atoms with Crippen LogP contribution in [0.1, 0.15) is 28.7 Å². The van der Waals surface area contributed by atoms with Gasteiger partial charge in [0.25, 0.3) is 0 Å². The van der Waals surface area contributed by atoms with Crippen LogP contribution in [0, 0.1) is 25.7 Å². The maximum atomic E-state index is 11.6. The highest BCUT2D eigenvalue weighted by Gasteiger charge is 2.01. The van der Waals surface area contributed by atoms with Crippen molar-refractivity contribution in [1.29, 1.82) is 0 Å². The van der Waals surface area contributed by atoms with Gasteiger partial charge in [0.1, 0.15) is 6.61 Å². The fraction of sp³-hybridized carbons (Fsp3) is 0.250. The number of ether oxygens (including phenoxy) is 1. The molecule has 0 aliphatic heterocycles. The van der Waals surface area contributed by atoms with Crippen LogP contribution in [0.3, 0.4) is 0 Å². The van der Waals surface area contributed by atoms with Gasteiger partial charge >= 0.3 is 6.09 Å². The summed E-state index contributed by atoms with van der Waals surface area (Å²) in [6.07, 6.45) is 0.128. The first-order chi connectivity index (χ1) is 11.6. The molecule has 0 radical (unpaired) electrons. The van der Waals surface area contributed by atoms with Gasteiger partial charge in [0.2, 0.25) is 0 Å². The molecule has 0 aliphatic carbocycles. The van der Waals surface area contributed by atoms with Crippen LogP contribution in [0.15, 0.2) is 42.5 Å². The summed E-state index contributed by atoms with van der Waals surface area (Å²) in [7, 11) is 0. The van der Waals surface area contributed by atoms with Gasteiger partial charge in [0.15, 0.2) is 0 Å². The maximum Gasteiger partial charge on any atom is 0.407 e. The van der Waals surface area contributed by atoms with Gasteiger partial charge in [-0.1, -0.05) is 42.2 Å². The van der Waals surface area contributed by atoms with E-state index in [-0.39, 0.29) is 6.61 Å². The molecule has 0 atom stereocenters. The zero-order chi connectivity index (χ0) is 17.4. The Morgan fingerprint density at radius 3 is 2.50 bits per heavy atom. The number of nitrogens with two attached hydrogens (primary N) is 1. The van der Waals surface area contributed by atoms with Crippen molar-refractivity contribution in [3.05, 3.63) is 64.7 Å². The van der Waals surface area contributed by atoms with Gasteiger partial charge in [0, 0.05) is 24.2 Å². The minimum atomic E-state index is -0.431. The van der Waals surface area contributed by atoms with Crippen molar-refractivity contribution < 1.29 is 9.53 Å². The number of benzene rings is 2. The molecule has 124 valence electrons. The Morgan fingerprint density at radius 2 is 1.83 bits per heavy atom. The fourth-order valence-corrected chi connectivity index (χ4v) is 2.21. The normalized spacial score (nSPS) is 9.75. The molecule has 0 saturated heterocycles. The summed E-state index contributed by atoms with van der Waals surface area (Å²) < 4.78 is 5.13. The Kier molecular flexibility index (Phi) is 6.27. The van der Waals surface area contributed by atoms with Crippen LogP contribution in [-0.4, -0.2) is 12.6 Å². The molecule has 0 bridgehead atoms. The minimum absolute atomic E-state index is 0.266. The average molecular weight is 322 g/mol. The number of anilines is 1. The lowest BCUT2D eigenvalue weighted by Gasteiger charge is -2.05. The SMILES string of the molecule is Cc1cc(C#CCCNC(=O)OCc2ccccc2)cc(C)c1N. The molecular weight excluding hydrogens is 300 g/mol. The van der Waals surface area contributed by atoms with Gasteiger partial charge in [-0.05, 0) is 42.7 Å². The quantitative estimate of drug-likeness (QED) is 0.514. The van der Waals surface area contributed by atoms with E-state index in [0.29, 0.717) is 13.0 Å². The Bertz CT molecular complexity index is 735. The van der Waals surface area contributed by atoms with Crippen LogP contribution < -0.4 is 11.1 Å². The predicted molar refractivity (Wildman–Crippen MR) is 96.5 cm³/mol. The summed E-state index contributed by atoms with van der Waals surface area (Å²) >= 11 is 0. The Morgan fingerprint density at radius 1 is 1.17 bits per heavy atom. The van der Waals surface area contributed by atoms with E-state index < -0.39 is 6.09 Å². The van der Waals surface area contributed by atoms with Gasteiger partial charge in [0.05, 0.1) is 0 Å². The molecule has 0 saturated carbocycles. The highest BCUT2D eigenvalue weighted by atomic mass is 16.5. The molecule has 0 aromatic heterocycles. The van der Waals surface area contributed by atoms with Crippen LogP contribution in [0.25, 0.3) is 0 Å². The number of hydrogen-bond acceptors (Lipinski definition) is 3. The summed E-state index contributed by atoms with van der Waals surface area (Å²) in [4.78, 5) is 11.6. The molecule has 4 heteroatoms. The summed E-state index contributed by atoms with van der Waals surface area (Å²) in [5.41, 5.74) is 10.7. The van der Waals surface area contributed by atoms with E-state index in [1.54, 1.807) is 0 Å². The number of nitrogens with one attached hydrogen (secondary N) is 1. The number of amides is 1. The number of carbonyl (C=O) groups is 1. The largest absolute Gasteiger partial charge is 0.445 e. The molecule has 3 N–H and O–H groups in total. The van der Waals surface area contributed by atoms with Crippen molar-refractivity contribution in [2.75, 3.05) is 12.3 Å². The van der Waals surface area contributed by atoms with Gasteiger partial charge in [-0.15, -0.1) is 0 Å². The van der Waals surface area contributed by atoms with Crippen molar-refractivity contribution in [3.8, 4) is 11.8 Å². The molecule has 0 spiro atoms. The van der Waals surface area contributed by atoms with E-state index >= 15 is 0 Å². The van der Waals surface area contributed by atoms with Crippen molar-refractivity contribution >= 4 is 11.8 Å². The summed E-state index contributed by atoms with van der Waals surface area (Å²) in [6, 6.07) is 13.5. The second kappa shape index (κ2) is 8.64. The van der Waals surface area contributed by atoms with E-state index in [0.717, 1.165) is 27.9 Å². The number of alkyl carbamates (subject to hydrolysis) is 1. The predicted octanol–water partition coefficient (Wildman–Crippen LogP) is 3.55. The van der Waals surface area contributed by atoms with Crippen LogP contribution in [0.5, 0.6) is 0 Å². The highest BCUT2D eigenvalue weighted by molar-refractivity contribution is 5.67. The van der Waals surface area contributed by atoms with Gasteiger partial charge in [-0.2, -0.15) is 0 Å². The molecule has 0 fully saturated rings. The number of carbonyl (C=O) groups excluding carboxylic acids is 1. The molecule has 2 rings (SSSR count).